The highest BCUT2D eigenvalue weighted by atomic mass is 32.1. The summed E-state index contributed by atoms with van der Waals surface area (Å²) in [6.07, 6.45) is 4.32. The van der Waals surface area contributed by atoms with Crippen LogP contribution in [-0.2, 0) is 11.3 Å². The van der Waals surface area contributed by atoms with Crippen LogP contribution in [0.1, 0.15) is 25.3 Å². The molecule has 1 aromatic heterocycles. The molecule has 0 bridgehead atoms. The second-order valence-corrected chi connectivity index (χ2v) is 5.70. The Balaban J connectivity index is 1.69. The summed E-state index contributed by atoms with van der Waals surface area (Å²) in [4.78, 5) is 20.3. The summed E-state index contributed by atoms with van der Waals surface area (Å²) in [5.74, 6) is 1.05. The molecule has 1 atom stereocenters. The van der Waals surface area contributed by atoms with Gasteiger partial charge >= 0.3 is 0 Å². The van der Waals surface area contributed by atoms with Crippen LogP contribution in [0.15, 0.2) is 18.3 Å². The Bertz CT molecular complexity index is 524. The molecule has 3 heterocycles. The van der Waals surface area contributed by atoms with E-state index in [0.29, 0.717) is 11.7 Å². The van der Waals surface area contributed by atoms with Gasteiger partial charge in [-0.2, -0.15) is 0 Å². The van der Waals surface area contributed by atoms with Crippen molar-refractivity contribution in [2.24, 2.45) is 0 Å². The summed E-state index contributed by atoms with van der Waals surface area (Å²) in [6.45, 7) is 4.48. The van der Waals surface area contributed by atoms with E-state index >= 15 is 0 Å². The van der Waals surface area contributed by atoms with Crippen molar-refractivity contribution in [3.8, 4) is 0 Å². The minimum atomic E-state index is -0.223. The summed E-state index contributed by atoms with van der Waals surface area (Å²) < 4.78 is 0. The molecule has 6 heteroatoms. The number of pyridine rings is 1. The number of hydrogen-bond donors (Lipinski definition) is 1. The number of anilines is 1. The molecule has 0 spiro atoms. The maximum atomic E-state index is 11.9. The lowest BCUT2D eigenvalue weighted by atomic mass is 10.2. The number of carbonyl (C=O) groups excluding carboxylic acids is 1. The molecule has 1 amide bonds. The highest BCUT2D eigenvalue weighted by Crippen LogP contribution is 2.19. The third-order valence-corrected chi connectivity index (χ3v) is 4.14. The average molecular weight is 290 g/mol. The van der Waals surface area contributed by atoms with Crippen molar-refractivity contribution in [1.82, 2.24) is 15.2 Å². The van der Waals surface area contributed by atoms with E-state index in [-0.39, 0.29) is 11.9 Å². The Morgan fingerprint density at radius 1 is 1.40 bits per heavy atom. The van der Waals surface area contributed by atoms with E-state index in [4.69, 9.17) is 12.2 Å². The quantitative estimate of drug-likeness (QED) is 0.850. The number of nitrogens with zero attached hydrogens (tertiary/aromatic N) is 3. The SMILES string of the molecule is CC1NC(=S)N(Cc2ccc(N3CCCC3)nc2)C1=O. The summed E-state index contributed by atoms with van der Waals surface area (Å²) in [5.41, 5.74) is 1.000. The lowest BCUT2D eigenvalue weighted by Crippen LogP contribution is -2.30. The van der Waals surface area contributed by atoms with Gasteiger partial charge in [-0.15, -0.1) is 0 Å². The van der Waals surface area contributed by atoms with Gasteiger partial charge in [0.2, 0.25) is 0 Å². The lowest BCUT2D eigenvalue weighted by molar-refractivity contribution is -0.127. The van der Waals surface area contributed by atoms with Crippen LogP contribution in [0.4, 0.5) is 5.82 Å². The smallest absolute Gasteiger partial charge is 0.251 e. The van der Waals surface area contributed by atoms with Gasteiger partial charge in [-0.1, -0.05) is 6.07 Å². The zero-order valence-electron chi connectivity index (χ0n) is 11.5. The van der Waals surface area contributed by atoms with Crippen molar-refractivity contribution >= 4 is 29.1 Å². The number of amides is 1. The van der Waals surface area contributed by atoms with E-state index in [9.17, 15) is 4.79 Å². The highest BCUT2D eigenvalue weighted by molar-refractivity contribution is 7.80. The van der Waals surface area contributed by atoms with Crippen molar-refractivity contribution in [2.45, 2.75) is 32.4 Å². The Kier molecular flexibility index (Phi) is 3.56. The molecule has 1 unspecified atom stereocenters. The van der Waals surface area contributed by atoms with Gasteiger partial charge in [0, 0.05) is 19.3 Å². The van der Waals surface area contributed by atoms with Crippen LogP contribution in [0.25, 0.3) is 0 Å². The lowest BCUT2D eigenvalue weighted by Gasteiger charge is -2.18. The fraction of sp³-hybridized carbons (Fsp3) is 0.500. The van der Waals surface area contributed by atoms with Gasteiger partial charge in [0.25, 0.3) is 5.91 Å². The van der Waals surface area contributed by atoms with Crippen molar-refractivity contribution in [1.29, 1.82) is 0 Å². The Morgan fingerprint density at radius 3 is 2.70 bits per heavy atom. The van der Waals surface area contributed by atoms with Gasteiger partial charge in [-0.05, 0) is 43.6 Å². The van der Waals surface area contributed by atoms with Crippen LogP contribution in [0, 0.1) is 0 Å². The number of rotatable bonds is 3. The summed E-state index contributed by atoms with van der Waals surface area (Å²) in [6, 6.07) is 3.83. The van der Waals surface area contributed by atoms with Crippen LogP contribution in [0.2, 0.25) is 0 Å². The Labute approximate surface area is 124 Å². The molecule has 2 aliphatic heterocycles. The molecule has 2 aliphatic rings. The van der Waals surface area contributed by atoms with E-state index in [2.05, 4.69) is 15.2 Å². The van der Waals surface area contributed by atoms with E-state index in [1.165, 1.54) is 12.8 Å². The zero-order valence-corrected chi connectivity index (χ0v) is 12.3. The first-order valence-corrected chi connectivity index (χ1v) is 7.38. The third-order valence-electron chi connectivity index (χ3n) is 3.80. The molecule has 0 aliphatic carbocycles. The van der Waals surface area contributed by atoms with Crippen LogP contribution < -0.4 is 10.2 Å². The van der Waals surface area contributed by atoms with E-state index in [1.807, 2.05) is 25.3 Å². The fourth-order valence-electron chi connectivity index (χ4n) is 2.63. The molecule has 0 radical (unpaired) electrons. The molecule has 0 saturated carbocycles. The van der Waals surface area contributed by atoms with Gasteiger partial charge in [0.1, 0.15) is 11.9 Å². The Morgan fingerprint density at radius 2 is 2.15 bits per heavy atom. The second kappa shape index (κ2) is 5.36. The van der Waals surface area contributed by atoms with E-state index in [0.717, 1.165) is 24.5 Å². The molecule has 2 saturated heterocycles. The molecule has 5 nitrogen and oxygen atoms in total. The third kappa shape index (κ3) is 2.47. The summed E-state index contributed by atoms with van der Waals surface area (Å²) >= 11 is 5.17. The molecule has 1 aromatic rings. The molecule has 3 rings (SSSR count). The van der Waals surface area contributed by atoms with Crippen LogP contribution in [0.5, 0.6) is 0 Å². The maximum absolute atomic E-state index is 11.9. The molecule has 1 N–H and O–H groups in total. The number of hydrogen-bond acceptors (Lipinski definition) is 4. The first-order valence-electron chi connectivity index (χ1n) is 6.97. The van der Waals surface area contributed by atoms with Crippen LogP contribution >= 0.6 is 12.2 Å². The average Bonchev–Trinajstić information content (AvgIpc) is 3.05. The van der Waals surface area contributed by atoms with Gasteiger partial charge in [0.05, 0.1) is 6.54 Å². The first-order chi connectivity index (χ1) is 9.65. The second-order valence-electron chi connectivity index (χ2n) is 5.31. The molecular weight excluding hydrogens is 272 g/mol. The largest absolute Gasteiger partial charge is 0.357 e. The molecular formula is C14H18N4OS. The van der Waals surface area contributed by atoms with Gasteiger partial charge in [0.15, 0.2) is 5.11 Å². The Hall–Kier alpha value is -1.69. The van der Waals surface area contributed by atoms with Crippen molar-refractivity contribution in [2.75, 3.05) is 18.0 Å². The van der Waals surface area contributed by atoms with Crippen LogP contribution in [-0.4, -0.2) is 40.0 Å². The zero-order chi connectivity index (χ0) is 14.1. The van der Waals surface area contributed by atoms with E-state index in [1.54, 1.807) is 4.90 Å². The summed E-state index contributed by atoms with van der Waals surface area (Å²) in [7, 11) is 0. The van der Waals surface area contributed by atoms with Gasteiger partial charge in [-0.3, -0.25) is 9.69 Å². The summed E-state index contributed by atoms with van der Waals surface area (Å²) in [5, 5.41) is 3.48. The maximum Gasteiger partial charge on any atom is 0.251 e. The fourth-order valence-corrected chi connectivity index (χ4v) is 2.97. The monoisotopic (exact) mass is 290 g/mol. The molecule has 106 valence electrons. The van der Waals surface area contributed by atoms with Gasteiger partial charge < -0.3 is 10.2 Å². The van der Waals surface area contributed by atoms with Crippen LogP contribution in [0.3, 0.4) is 0 Å². The number of nitrogens with one attached hydrogen (secondary N) is 1. The molecule has 20 heavy (non-hydrogen) atoms. The molecule has 0 aromatic carbocycles. The minimum absolute atomic E-state index is 0.0265. The predicted molar refractivity (Wildman–Crippen MR) is 81.4 cm³/mol. The molecule has 2 fully saturated rings. The van der Waals surface area contributed by atoms with Crippen molar-refractivity contribution in [3.63, 3.8) is 0 Å². The van der Waals surface area contributed by atoms with Gasteiger partial charge in [-0.25, -0.2) is 4.98 Å². The van der Waals surface area contributed by atoms with Crippen molar-refractivity contribution < 1.29 is 4.79 Å². The highest BCUT2D eigenvalue weighted by Gasteiger charge is 2.31. The number of carbonyl (C=O) groups is 1. The predicted octanol–water partition coefficient (Wildman–Crippen LogP) is 1.29. The van der Waals surface area contributed by atoms with E-state index < -0.39 is 0 Å². The van der Waals surface area contributed by atoms with Crippen molar-refractivity contribution in [3.05, 3.63) is 23.9 Å². The normalized spacial score (nSPS) is 22.6. The topological polar surface area (TPSA) is 48.5 Å². The number of thiocarbonyl (C=S) groups is 1. The standard InChI is InChI=1S/C14H18N4OS/c1-10-13(19)18(14(20)16-10)9-11-4-5-12(15-8-11)17-6-2-3-7-17/h4-5,8,10H,2-3,6-7,9H2,1H3,(H,16,20). The number of aromatic nitrogens is 1. The first kappa shape index (κ1) is 13.3. The minimum Gasteiger partial charge on any atom is -0.357 e.